The summed E-state index contributed by atoms with van der Waals surface area (Å²) in [5.41, 5.74) is 1.81. The average Bonchev–Trinajstić information content (AvgIpc) is 3.19. The number of benzene rings is 2. The molecule has 6 nitrogen and oxygen atoms in total. The van der Waals surface area contributed by atoms with Crippen LogP contribution in [-0.2, 0) is 19.7 Å². The fraction of sp³-hybridized carbons (Fsp3) is 0.400. The smallest absolute Gasteiger partial charge is 0.237 e. The Morgan fingerprint density at radius 1 is 1.05 bits per heavy atom. The highest BCUT2D eigenvalue weighted by atomic mass is 35.5. The van der Waals surface area contributed by atoms with Gasteiger partial charge in [-0.2, -0.15) is 0 Å². The van der Waals surface area contributed by atoms with Crippen molar-refractivity contribution in [3.05, 3.63) is 80.3 Å². The standard InChI is InChI=1S/C30H29Cl3N2O4/c1-16-11-26(39-20-7-9-38-10-8-20)21(14-24(16)33)28-30(22-6-5-19(32)13-25(22)34-29(30)37)23(15-27(36)35-28)17-3-2-4-18(31)12-17/h2-6,11,13-14,17,20,23,28H,7-10,12,15H2,1H3,(H,34,37)(H,35,36)/t17?,23-,28-,30-/m0/s1. The van der Waals surface area contributed by atoms with Crippen LogP contribution < -0.4 is 15.4 Å². The minimum Gasteiger partial charge on any atom is -0.490 e. The van der Waals surface area contributed by atoms with Gasteiger partial charge in [-0.15, -0.1) is 0 Å². The molecule has 2 N–H and O–H groups in total. The fourth-order valence-corrected chi connectivity index (χ4v) is 7.21. The lowest BCUT2D eigenvalue weighted by Gasteiger charge is -2.49. The molecule has 1 unspecified atom stereocenters. The van der Waals surface area contributed by atoms with E-state index >= 15 is 0 Å². The third kappa shape index (κ3) is 4.65. The van der Waals surface area contributed by atoms with Crippen LogP contribution >= 0.6 is 34.8 Å². The molecule has 9 heteroatoms. The average molecular weight is 588 g/mol. The third-order valence-electron chi connectivity index (χ3n) is 8.45. The number of amides is 2. The number of hydrogen-bond acceptors (Lipinski definition) is 4. The first-order valence-corrected chi connectivity index (χ1v) is 14.4. The number of fused-ring (bicyclic) bond motifs is 2. The van der Waals surface area contributed by atoms with Crippen LogP contribution in [0, 0.1) is 18.8 Å². The van der Waals surface area contributed by atoms with E-state index in [1.54, 1.807) is 12.1 Å². The number of aryl methyl sites for hydroxylation is 1. The Hall–Kier alpha value is -2.51. The first kappa shape index (κ1) is 26.7. The molecule has 4 aliphatic rings. The third-order valence-corrected chi connectivity index (χ3v) is 9.37. The van der Waals surface area contributed by atoms with Crippen LogP contribution in [0.1, 0.15) is 48.4 Å². The second kappa shape index (κ2) is 10.5. The number of rotatable bonds is 4. The predicted octanol–water partition coefficient (Wildman–Crippen LogP) is 6.63. The molecule has 2 amide bonds. The normalized spacial score (nSPS) is 28.6. The highest BCUT2D eigenvalue weighted by Crippen LogP contribution is 2.58. The molecule has 6 rings (SSSR count). The molecule has 2 saturated heterocycles. The molecule has 0 radical (unpaired) electrons. The van der Waals surface area contributed by atoms with Gasteiger partial charge in [-0.25, -0.2) is 0 Å². The molecule has 3 aliphatic heterocycles. The van der Waals surface area contributed by atoms with Gasteiger partial charge in [0, 0.05) is 45.6 Å². The van der Waals surface area contributed by atoms with Crippen LogP contribution in [-0.4, -0.2) is 31.1 Å². The number of hydrogen-bond donors (Lipinski definition) is 2. The SMILES string of the molecule is Cc1cc(OC2CCOCC2)c([C@@H]2NC(=O)C[C@@H](C3C=CC=C(Cl)C3)[C@]23C(=O)Nc2cc(Cl)ccc23)cc1Cl. The van der Waals surface area contributed by atoms with Gasteiger partial charge in [-0.1, -0.05) is 53.0 Å². The topological polar surface area (TPSA) is 76.7 Å². The van der Waals surface area contributed by atoms with Crippen LogP contribution in [0.2, 0.25) is 10.0 Å². The van der Waals surface area contributed by atoms with Crippen molar-refractivity contribution >= 4 is 52.3 Å². The Bertz CT molecular complexity index is 1400. The van der Waals surface area contributed by atoms with E-state index in [0.717, 1.165) is 24.0 Å². The molecule has 3 heterocycles. The van der Waals surface area contributed by atoms with Crippen molar-refractivity contribution in [2.75, 3.05) is 18.5 Å². The van der Waals surface area contributed by atoms with Crippen molar-refractivity contribution in [3.63, 3.8) is 0 Å². The van der Waals surface area contributed by atoms with Crippen LogP contribution in [0.4, 0.5) is 5.69 Å². The molecule has 0 aromatic heterocycles. The van der Waals surface area contributed by atoms with Crippen molar-refractivity contribution in [2.45, 2.75) is 50.2 Å². The van der Waals surface area contributed by atoms with Gasteiger partial charge < -0.3 is 20.1 Å². The first-order chi connectivity index (χ1) is 18.8. The number of allylic oxidation sites excluding steroid dienone is 4. The Morgan fingerprint density at radius 3 is 2.62 bits per heavy atom. The van der Waals surface area contributed by atoms with E-state index in [-0.39, 0.29) is 36.2 Å². The highest BCUT2D eigenvalue weighted by molar-refractivity contribution is 6.32. The molecular formula is C30H29Cl3N2O4. The Labute approximate surface area is 242 Å². The van der Waals surface area contributed by atoms with Gasteiger partial charge in [0.15, 0.2) is 0 Å². The molecule has 1 spiro atoms. The van der Waals surface area contributed by atoms with Crippen molar-refractivity contribution in [1.82, 2.24) is 5.32 Å². The second-order valence-electron chi connectivity index (χ2n) is 10.8. The van der Waals surface area contributed by atoms with E-state index in [2.05, 4.69) is 16.7 Å². The molecule has 1 aliphatic carbocycles. The molecule has 4 atom stereocenters. The largest absolute Gasteiger partial charge is 0.490 e. The molecule has 0 bridgehead atoms. The van der Waals surface area contributed by atoms with Crippen molar-refractivity contribution in [1.29, 1.82) is 0 Å². The van der Waals surface area contributed by atoms with Gasteiger partial charge in [0.05, 0.1) is 19.3 Å². The second-order valence-corrected chi connectivity index (χ2v) is 12.1. The molecule has 204 valence electrons. The summed E-state index contributed by atoms with van der Waals surface area (Å²) in [5, 5.41) is 8.02. The van der Waals surface area contributed by atoms with E-state index in [4.69, 9.17) is 44.3 Å². The van der Waals surface area contributed by atoms with Crippen LogP contribution in [0.5, 0.6) is 5.75 Å². The lowest BCUT2D eigenvalue weighted by atomic mass is 9.57. The Balaban J connectivity index is 1.55. The van der Waals surface area contributed by atoms with Crippen molar-refractivity contribution in [3.8, 4) is 5.75 Å². The summed E-state index contributed by atoms with van der Waals surface area (Å²) in [7, 11) is 0. The zero-order valence-corrected chi connectivity index (χ0v) is 23.7. The van der Waals surface area contributed by atoms with Crippen LogP contribution in [0.25, 0.3) is 0 Å². The maximum Gasteiger partial charge on any atom is 0.237 e. The van der Waals surface area contributed by atoms with E-state index in [9.17, 15) is 9.59 Å². The number of nitrogens with one attached hydrogen (secondary N) is 2. The quantitative estimate of drug-likeness (QED) is 0.421. The van der Waals surface area contributed by atoms with Crippen LogP contribution in [0.3, 0.4) is 0 Å². The number of piperidine rings is 1. The molecule has 2 fully saturated rings. The fourth-order valence-electron chi connectivity index (χ4n) is 6.62. The molecule has 2 aromatic rings. The molecular weight excluding hydrogens is 559 g/mol. The minimum atomic E-state index is -1.15. The van der Waals surface area contributed by atoms with Gasteiger partial charge in [0.2, 0.25) is 11.8 Å². The Kier molecular flexibility index (Phi) is 7.17. The summed E-state index contributed by atoms with van der Waals surface area (Å²) >= 11 is 19.5. The van der Waals surface area contributed by atoms with Gasteiger partial charge in [-0.05, 0) is 66.6 Å². The minimum absolute atomic E-state index is 0.0437. The van der Waals surface area contributed by atoms with Gasteiger partial charge >= 0.3 is 0 Å². The Morgan fingerprint density at radius 2 is 1.85 bits per heavy atom. The van der Waals surface area contributed by atoms with Gasteiger partial charge in [-0.3, -0.25) is 9.59 Å². The van der Waals surface area contributed by atoms with Crippen molar-refractivity contribution in [2.24, 2.45) is 11.8 Å². The molecule has 0 saturated carbocycles. The van der Waals surface area contributed by atoms with E-state index in [0.29, 0.717) is 51.7 Å². The summed E-state index contributed by atoms with van der Waals surface area (Å²) in [6.45, 7) is 3.16. The van der Waals surface area contributed by atoms with Gasteiger partial charge in [0.25, 0.3) is 0 Å². The molecule has 39 heavy (non-hydrogen) atoms. The first-order valence-electron chi connectivity index (χ1n) is 13.3. The predicted molar refractivity (Wildman–Crippen MR) is 153 cm³/mol. The summed E-state index contributed by atoms with van der Waals surface area (Å²) in [4.78, 5) is 27.8. The summed E-state index contributed by atoms with van der Waals surface area (Å²) in [6.07, 6.45) is 7.99. The maximum absolute atomic E-state index is 14.3. The van der Waals surface area contributed by atoms with E-state index < -0.39 is 11.5 Å². The monoisotopic (exact) mass is 586 g/mol. The van der Waals surface area contributed by atoms with Crippen LogP contribution in [0.15, 0.2) is 53.6 Å². The number of halogens is 3. The molecule has 2 aromatic carbocycles. The van der Waals surface area contributed by atoms with Gasteiger partial charge in [0.1, 0.15) is 17.3 Å². The zero-order chi connectivity index (χ0) is 27.3. The lowest BCUT2D eigenvalue weighted by Crippen LogP contribution is -2.59. The number of anilines is 1. The van der Waals surface area contributed by atoms with E-state index in [1.807, 2.05) is 37.3 Å². The summed E-state index contributed by atoms with van der Waals surface area (Å²) in [6, 6.07) is 8.46. The zero-order valence-electron chi connectivity index (χ0n) is 21.4. The maximum atomic E-state index is 14.3. The summed E-state index contributed by atoms with van der Waals surface area (Å²) in [5.74, 6) is -0.236. The van der Waals surface area contributed by atoms with Crippen molar-refractivity contribution < 1.29 is 19.1 Å². The van der Waals surface area contributed by atoms with E-state index in [1.165, 1.54) is 0 Å². The highest BCUT2D eigenvalue weighted by Gasteiger charge is 2.62. The number of carbonyl (C=O) groups is 2. The number of carbonyl (C=O) groups excluding carboxylic acids is 2. The lowest BCUT2D eigenvalue weighted by molar-refractivity contribution is -0.135. The number of ether oxygens (including phenoxy) is 2. The summed E-state index contributed by atoms with van der Waals surface area (Å²) < 4.78 is 12.1.